The van der Waals surface area contributed by atoms with Gasteiger partial charge in [0.15, 0.2) is 0 Å². The van der Waals surface area contributed by atoms with Crippen LogP contribution in [0.5, 0.6) is 0 Å². The largest absolute Gasteiger partial charge is 0.447 e. The van der Waals surface area contributed by atoms with Crippen LogP contribution in [0.4, 0.5) is 9.59 Å². The summed E-state index contributed by atoms with van der Waals surface area (Å²) < 4.78 is 16.6. The van der Waals surface area contributed by atoms with Gasteiger partial charge in [-0.25, -0.2) is 9.79 Å². The van der Waals surface area contributed by atoms with E-state index in [1.165, 1.54) is 47.2 Å². The Balaban J connectivity index is 3.42. The van der Waals surface area contributed by atoms with Gasteiger partial charge in [0.05, 0.1) is 58.2 Å². The second-order valence-corrected chi connectivity index (χ2v) is 15.5. The molecule has 12 nitrogen and oxygen atoms in total. The molecule has 216 valence electrons. The molecule has 0 aromatic heterocycles. The fourth-order valence-corrected chi connectivity index (χ4v) is 8.97. The molecule has 0 spiro atoms. The van der Waals surface area contributed by atoms with Gasteiger partial charge < -0.3 is 30.5 Å². The fourth-order valence-electron chi connectivity index (χ4n) is 1.47. The highest BCUT2D eigenvalue weighted by Crippen LogP contribution is 2.19. The van der Waals surface area contributed by atoms with Gasteiger partial charge in [-0.2, -0.15) is 4.89 Å². The van der Waals surface area contributed by atoms with Gasteiger partial charge in [-0.05, 0) is 0 Å². The lowest BCUT2D eigenvalue weighted by atomic mass is 10.8. The number of amides is 2. The van der Waals surface area contributed by atoms with E-state index >= 15 is 0 Å². The zero-order chi connectivity index (χ0) is 27.2. The van der Waals surface area contributed by atoms with E-state index in [0.717, 1.165) is 10.2 Å². The smallest absolute Gasteiger partial charge is 0.407 e. The third-order valence-corrected chi connectivity index (χ3v) is 11.7. The standard InChI is InChI=1S/C17H32N4O8S8/c22-1-3-27-16(24)20-8-32-12-31-7-19-10-37(26)15-35-13-34-14-36-17(25)21-9-33-11-30-6-18-5-29-28-4-2-23/h5,10,22-23H,1-4,6-9,11-15H2,(H,20,24)(H,21,25)/b18-5?,19-10-. The van der Waals surface area contributed by atoms with Crippen molar-refractivity contribution in [3.05, 3.63) is 0 Å². The first-order valence-corrected chi connectivity index (χ1v) is 19.5. The molecule has 0 fully saturated rings. The van der Waals surface area contributed by atoms with Crippen LogP contribution in [0.25, 0.3) is 0 Å². The number of alkyl carbamates (subject to hydrolysis) is 1. The first kappa shape index (κ1) is 37.4. The zero-order valence-corrected chi connectivity index (χ0v) is 26.4. The number of aliphatic hydroxyl groups excluding tert-OH is 2. The number of rotatable bonds is 25. The summed E-state index contributed by atoms with van der Waals surface area (Å²) in [6.07, 6.45) is 0.623. The van der Waals surface area contributed by atoms with Gasteiger partial charge >= 0.3 is 6.09 Å². The molecule has 0 bridgehead atoms. The van der Waals surface area contributed by atoms with Gasteiger partial charge in [0.2, 0.25) is 6.40 Å². The minimum Gasteiger partial charge on any atom is -0.447 e. The molecule has 0 rings (SSSR count). The lowest BCUT2D eigenvalue weighted by Gasteiger charge is -2.04. The Morgan fingerprint density at radius 1 is 0.838 bits per heavy atom. The van der Waals surface area contributed by atoms with Crippen LogP contribution in [0.3, 0.4) is 0 Å². The van der Waals surface area contributed by atoms with Crippen molar-refractivity contribution in [2.75, 3.05) is 75.4 Å². The van der Waals surface area contributed by atoms with Crippen LogP contribution in [0.1, 0.15) is 0 Å². The molecule has 2 amide bonds. The number of aliphatic hydroxyl groups is 2. The highest BCUT2D eigenvalue weighted by Gasteiger charge is 2.03. The summed E-state index contributed by atoms with van der Waals surface area (Å²) in [5.74, 6) is 1.91. The number of aliphatic imine (C=N–C) groups is 2. The summed E-state index contributed by atoms with van der Waals surface area (Å²) in [6.45, 7) is -0.244. The molecule has 20 heteroatoms. The first-order chi connectivity index (χ1) is 18.1. The first-order valence-electron chi connectivity index (χ1n) is 10.2. The molecule has 1 unspecified atom stereocenters. The van der Waals surface area contributed by atoms with E-state index in [1.54, 1.807) is 47.0 Å². The SMILES string of the molecule is O=C(NCSCSC/N=C\S(=O)CSCSCSC(=O)NCSCSCN=COOCCO)OCCO. The highest BCUT2D eigenvalue weighted by atomic mass is 32.3. The Kier molecular flexibility index (Phi) is 31.2. The number of ether oxygens (including phenoxy) is 1. The second kappa shape index (κ2) is 30.9. The number of hydrogen-bond donors (Lipinski definition) is 4. The molecule has 0 saturated carbocycles. The minimum absolute atomic E-state index is 0.0232. The van der Waals surface area contributed by atoms with Crippen molar-refractivity contribution in [2.24, 2.45) is 9.98 Å². The summed E-state index contributed by atoms with van der Waals surface area (Å²) in [7, 11) is -1.14. The lowest BCUT2D eigenvalue weighted by Crippen LogP contribution is -2.24. The zero-order valence-electron chi connectivity index (χ0n) is 19.9. The second-order valence-electron chi connectivity index (χ2n) is 5.60. The molecule has 0 heterocycles. The number of thioether (sulfide) groups is 7. The van der Waals surface area contributed by atoms with E-state index in [2.05, 4.69) is 35.1 Å². The van der Waals surface area contributed by atoms with Crippen LogP contribution in [0.15, 0.2) is 9.98 Å². The number of nitrogens with one attached hydrogen (secondary N) is 2. The average molecular weight is 677 g/mol. The predicted molar refractivity (Wildman–Crippen MR) is 166 cm³/mol. The van der Waals surface area contributed by atoms with Crippen LogP contribution in [0, 0.1) is 0 Å². The Morgan fingerprint density at radius 3 is 2.24 bits per heavy atom. The van der Waals surface area contributed by atoms with Crippen LogP contribution in [-0.4, -0.2) is 113 Å². The van der Waals surface area contributed by atoms with Crippen molar-refractivity contribution in [3.8, 4) is 0 Å². The normalized spacial score (nSPS) is 12.2. The van der Waals surface area contributed by atoms with Crippen molar-refractivity contribution in [2.45, 2.75) is 0 Å². The Morgan fingerprint density at radius 2 is 1.51 bits per heavy atom. The van der Waals surface area contributed by atoms with E-state index in [1.807, 2.05) is 0 Å². The van der Waals surface area contributed by atoms with Gasteiger partial charge in [-0.1, -0.05) is 11.8 Å². The summed E-state index contributed by atoms with van der Waals surface area (Å²) in [6, 6.07) is 0. The van der Waals surface area contributed by atoms with Crippen molar-refractivity contribution in [1.82, 2.24) is 10.6 Å². The van der Waals surface area contributed by atoms with Gasteiger partial charge in [-0.15, -0.1) is 70.6 Å². The van der Waals surface area contributed by atoms with Gasteiger partial charge in [0.1, 0.15) is 13.2 Å². The van der Waals surface area contributed by atoms with Crippen LogP contribution in [-0.2, 0) is 25.3 Å². The van der Waals surface area contributed by atoms with Gasteiger partial charge in [0, 0.05) is 20.3 Å². The van der Waals surface area contributed by atoms with Crippen molar-refractivity contribution < 1.29 is 38.5 Å². The van der Waals surface area contributed by atoms with Crippen LogP contribution >= 0.6 is 82.3 Å². The third kappa shape index (κ3) is 30.8. The van der Waals surface area contributed by atoms with Crippen molar-refractivity contribution in [1.29, 1.82) is 0 Å². The molecule has 0 aromatic rings. The summed E-state index contributed by atoms with van der Waals surface area (Å²) >= 11 is 10.5. The lowest BCUT2D eigenvalue weighted by molar-refractivity contribution is -0.221. The quantitative estimate of drug-likeness (QED) is 0.0278. The molecule has 0 aromatic carbocycles. The number of carbonyl (C=O) groups is 2. The van der Waals surface area contributed by atoms with E-state index in [-0.39, 0.29) is 31.7 Å². The highest BCUT2D eigenvalue weighted by molar-refractivity contribution is 8.28. The maximum Gasteiger partial charge on any atom is 0.407 e. The van der Waals surface area contributed by atoms with E-state index in [4.69, 9.17) is 10.2 Å². The average Bonchev–Trinajstić information content (AvgIpc) is 2.89. The summed E-state index contributed by atoms with van der Waals surface area (Å²) in [5, 5.41) is 25.6. The molecule has 0 radical (unpaired) electrons. The molecule has 0 aliphatic heterocycles. The molecular formula is C17H32N4O8S8. The molecule has 4 N–H and O–H groups in total. The number of hydrogen-bond acceptors (Lipinski definition) is 17. The van der Waals surface area contributed by atoms with Crippen LogP contribution in [0.2, 0.25) is 0 Å². The minimum atomic E-state index is -1.14. The molecular weight excluding hydrogens is 645 g/mol. The van der Waals surface area contributed by atoms with E-state index in [0.29, 0.717) is 38.8 Å². The molecule has 0 aliphatic carbocycles. The Bertz CT molecular complexity index is 654. The Hall–Kier alpha value is 0.360. The topological polar surface area (TPSA) is 168 Å². The van der Waals surface area contributed by atoms with E-state index < -0.39 is 16.9 Å². The third-order valence-electron chi connectivity index (χ3n) is 2.82. The monoisotopic (exact) mass is 676 g/mol. The summed E-state index contributed by atoms with van der Waals surface area (Å²) in [5.41, 5.74) is 1.45. The fraction of sp³-hybridized carbons (Fsp3) is 0.765. The van der Waals surface area contributed by atoms with Gasteiger partial charge in [0.25, 0.3) is 5.24 Å². The van der Waals surface area contributed by atoms with Gasteiger partial charge in [-0.3, -0.25) is 14.0 Å². The predicted octanol–water partition coefficient (Wildman–Crippen LogP) is 2.91. The Labute approximate surface area is 249 Å². The molecule has 0 aliphatic rings. The molecule has 37 heavy (non-hydrogen) atoms. The number of carbonyl (C=O) groups excluding carboxylic acids is 2. The molecule has 0 saturated heterocycles. The van der Waals surface area contributed by atoms with Crippen molar-refractivity contribution >= 4 is 116 Å². The number of nitrogens with zero attached hydrogens (tertiary/aromatic N) is 2. The van der Waals surface area contributed by atoms with E-state index in [9.17, 15) is 13.8 Å². The maximum atomic E-state index is 11.9. The van der Waals surface area contributed by atoms with Crippen LogP contribution < -0.4 is 10.6 Å². The maximum absolute atomic E-state index is 11.9. The molecule has 1 atom stereocenters. The van der Waals surface area contributed by atoms with Crippen molar-refractivity contribution in [3.63, 3.8) is 0 Å². The summed E-state index contributed by atoms with van der Waals surface area (Å²) in [4.78, 5) is 40.1.